The molecule has 0 saturated heterocycles. The second kappa shape index (κ2) is 7.72. The highest BCUT2D eigenvalue weighted by Crippen LogP contribution is 2.40. The second-order valence-electron chi connectivity index (χ2n) is 8.24. The first-order chi connectivity index (χ1) is 13.2. The maximum absolute atomic E-state index is 6.00. The largest absolute Gasteiger partial charge is 0.487 e. The van der Waals surface area contributed by atoms with Crippen LogP contribution in [0.4, 0.5) is 5.69 Å². The van der Waals surface area contributed by atoms with Gasteiger partial charge in [-0.1, -0.05) is 55.3 Å². The predicted octanol–water partition coefficient (Wildman–Crippen LogP) is 5.89. The zero-order valence-electron chi connectivity index (χ0n) is 16.5. The summed E-state index contributed by atoms with van der Waals surface area (Å²) in [6, 6.07) is 18.9. The first-order valence-electron chi connectivity index (χ1n) is 10.3. The molecule has 2 aromatic carbocycles. The van der Waals surface area contributed by atoms with E-state index in [4.69, 9.17) is 4.74 Å². The Morgan fingerprint density at radius 3 is 2.48 bits per heavy atom. The quantitative estimate of drug-likeness (QED) is 0.585. The van der Waals surface area contributed by atoms with Gasteiger partial charge in [0.05, 0.1) is 5.41 Å². The van der Waals surface area contributed by atoms with E-state index in [9.17, 15) is 0 Å². The van der Waals surface area contributed by atoms with E-state index < -0.39 is 0 Å². The first-order valence-corrected chi connectivity index (χ1v) is 10.3. The average molecular weight is 361 g/mol. The van der Waals surface area contributed by atoms with Gasteiger partial charge in [-0.05, 0) is 44.7 Å². The van der Waals surface area contributed by atoms with E-state index in [2.05, 4.69) is 54.8 Å². The summed E-state index contributed by atoms with van der Waals surface area (Å²) in [5.74, 6) is 1.69. The molecule has 0 atom stereocenters. The average Bonchev–Trinajstić information content (AvgIpc) is 3.27. The van der Waals surface area contributed by atoms with Crippen LogP contribution in [0, 0.1) is 5.92 Å². The van der Waals surface area contributed by atoms with Crippen LogP contribution in [0.3, 0.4) is 0 Å². The lowest BCUT2D eigenvalue weighted by Gasteiger charge is -2.15. The third-order valence-corrected chi connectivity index (χ3v) is 6.05. The van der Waals surface area contributed by atoms with Crippen molar-refractivity contribution >= 4 is 11.4 Å². The summed E-state index contributed by atoms with van der Waals surface area (Å²) < 4.78 is 8.46. The van der Waals surface area contributed by atoms with Crippen LogP contribution >= 0.6 is 0 Å². The molecule has 2 aliphatic rings. The SMILES string of the molecule is CC1(C)C(C=CC2CCCC2)=[N+](CCOc2ccccc2)c2ccccc21. The number of hydrogen-bond acceptors (Lipinski definition) is 1. The van der Waals surface area contributed by atoms with Crippen molar-refractivity contribution in [3.63, 3.8) is 0 Å². The van der Waals surface area contributed by atoms with Crippen molar-refractivity contribution < 1.29 is 9.31 Å². The van der Waals surface area contributed by atoms with Crippen LogP contribution < -0.4 is 4.74 Å². The Balaban J connectivity index is 1.60. The summed E-state index contributed by atoms with van der Waals surface area (Å²) in [5, 5.41) is 0. The van der Waals surface area contributed by atoms with Gasteiger partial charge in [-0.3, -0.25) is 0 Å². The Kier molecular flexibility index (Phi) is 5.15. The monoisotopic (exact) mass is 360 g/mol. The highest BCUT2D eigenvalue weighted by Gasteiger charge is 2.44. The summed E-state index contributed by atoms with van der Waals surface area (Å²) in [7, 11) is 0. The van der Waals surface area contributed by atoms with E-state index in [0.717, 1.165) is 18.2 Å². The molecule has 2 heteroatoms. The van der Waals surface area contributed by atoms with Crippen molar-refractivity contribution in [2.75, 3.05) is 13.2 Å². The topological polar surface area (TPSA) is 12.2 Å². The molecule has 2 aromatic rings. The fraction of sp³-hybridized carbons (Fsp3) is 0.400. The minimum Gasteiger partial charge on any atom is -0.487 e. The summed E-state index contributed by atoms with van der Waals surface area (Å²) in [6.45, 7) is 6.23. The smallest absolute Gasteiger partial charge is 0.209 e. The molecule has 1 saturated carbocycles. The maximum Gasteiger partial charge on any atom is 0.209 e. The number of hydrogen-bond donors (Lipinski definition) is 0. The molecule has 1 fully saturated rings. The third-order valence-electron chi connectivity index (χ3n) is 6.05. The van der Waals surface area contributed by atoms with Crippen LogP contribution in [0.25, 0.3) is 0 Å². The van der Waals surface area contributed by atoms with E-state index in [1.165, 1.54) is 42.6 Å². The zero-order valence-corrected chi connectivity index (χ0v) is 16.5. The zero-order chi connectivity index (χ0) is 18.7. The van der Waals surface area contributed by atoms with Crippen molar-refractivity contribution in [2.45, 2.75) is 44.9 Å². The summed E-state index contributed by atoms with van der Waals surface area (Å²) >= 11 is 0. The second-order valence-corrected chi connectivity index (χ2v) is 8.24. The molecule has 0 amide bonds. The van der Waals surface area contributed by atoms with Crippen molar-refractivity contribution in [3.05, 3.63) is 72.3 Å². The molecule has 1 heterocycles. The van der Waals surface area contributed by atoms with Crippen LogP contribution in [0.2, 0.25) is 0 Å². The highest BCUT2D eigenvalue weighted by molar-refractivity contribution is 6.03. The predicted molar refractivity (Wildman–Crippen MR) is 112 cm³/mol. The molecule has 0 spiro atoms. The Bertz CT molecular complexity index is 842. The molecule has 0 unspecified atom stereocenters. The molecule has 2 nitrogen and oxygen atoms in total. The lowest BCUT2D eigenvalue weighted by molar-refractivity contribution is -0.439. The normalized spacial score (nSPS) is 19.0. The summed E-state index contributed by atoms with van der Waals surface area (Å²) in [4.78, 5) is 0. The van der Waals surface area contributed by atoms with Crippen LogP contribution in [0.1, 0.15) is 45.1 Å². The fourth-order valence-electron chi connectivity index (χ4n) is 4.53. The Morgan fingerprint density at radius 1 is 1.00 bits per heavy atom. The van der Waals surface area contributed by atoms with Crippen LogP contribution in [-0.2, 0) is 5.41 Å². The van der Waals surface area contributed by atoms with E-state index >= 15 is 0 Å². The number of allylic oxidation sites excluding steroid dienone is 2. The van der Waals surface area contributed by atoms with Crippen molar-refractivity contribution in [3.8, 4) is 5.75 Å². The lowest BCUT2D eigenvalue weighted by atomic mass is 9.81. The van der Waals surface area contributed by atoms with Crippen molar-refractivity contribution in [1.82, 2.24) is 0 Å². The minimum absolute atomic E-state index is 0.0262. The van der Waals surface area contributed by atoms with Crippen LogP contribution in [0.5, 0.6) is 5.75 Å². The molecule has 0 aromatic heterocycles. The van der Waals surface area contributed by atoms with Gasteiger partial charge in [-0.25, -0.2) is 0 Å². The number of rotatable bonds is 6. The van der Waals surface area contributed by atoms with Gasteiger partial charge in [-0.2, -0.15) is 4.58 Å². The third kappa shape index (κ3) is 3.71. The Labute approximate surface area is 163 Å². The molecule has 1 aliphatic heterocycles. The molecule has 140 valence electrons. The number of ether oxygens (including phenoxy) is 1. The number of fused-ring (bicyclic) bond motifs is 1. The van der Waals surface area contributed by atoms with Gasteiger partial charge in [0.2, 0.25) is 5.69 Å². The van der Waals surface area contributed by atoms with Gasteiger partial charge < -0.3 is 4.74 Å². The van der Waals surface area contributed by atoms with Crippen LogP contribution in [0.15, 0.2) is 66.7 Å². The van der Waals surface area contributed by atoms with Crippen molar-refractivity contribution in [2.24, 2.45) is 5.92 Å². The number of benzene rings is 2. The highest BCUT2D eigenvalue weighted by atomic mass is 16.5. The first kappa shape index (κ1) is 18.0. The van der Waals surface area contributed by atoms with Gasteiger partial charge >= 0.3 is 0 Å². The van der Waals surface area contributed by atoms with Gasteiger partial charge in [0.1, 0.15) is 12.4 Å². The molecule has 0 bridgehead atoms. The van der Waals surface area contributed by atoms with Gasteiger partial charge in [0, 0.05) is 17.7 Å². The number of nitrogens with zero attached hydrogens (tertiary/aromatic N) is 1. The molecule has 27 heavy (non-hydrogen) atoms. The lowest BCUT2D eigenvalue weighted by Crippen LogP contribution is -2.29. The van der Waals surface area contributed by atoms with Gasteiger partial charge in [0.15, 0.2) is 12.3 Å². The van der Waals surface area contributed by atoms with Crippen molar-refractivity contribution in [1.29, 1.82) is 0 Å². The van der Waals surface area contributed by atoms with Crippen LogP contribution in [-0.4, -0.2) is 23.4 Å². The van der Waals surface area contributed by atoms with E-state index in [1.54, 1.807) is 0 Å². The summed E-state index contributed by atoms with van der Waals surface area (Å²) in [5.41, 5.74) is 4.16. The molecule has 1 aliphatic carbocycles. The Hall–Kier alpha value is -2.35. The minimum atomic E-state index is 0.0262. The summed E-state index contributed by atoms with van der Waals surface area (Å²) in [6.07, 6.45) is 10.3. The maximum atomic E-state index is 6.00. The van der Waals surface area contributed by atoms with Gasteiger partial charge in [0.25, 0.3) is 0 Å². The molecule has 4 rings (SSSR count). The molecule has 0 radical (unpaired) electrons. The number of para-hydroxylation sites is 2. The molecular weight excluding hydrogens is 330 g/mol. The van der Waals surface area contributed by atoms with E-state index in [-0.39, 0.29) is 5.41 Å². The fourth-order valence-corrected chi connectivity index (χ4v) is 4.53. The van der Waals surface area contributed by atoms with E-state index in [1.807, 2.05) is 30.3 Å². The van der Waals surface area contributed by atoms with E-state index in [0.29, 0.717) is 6.61 Å². The Morgan fingerprint density at radius 2 is 1.70 bits per heavy atom. The molecule has 0 N–H and O–H groups in total. The molecular formula is C25H30NO+. The standard InChI is InChI=1S/C25H30NO/c1-25(2)22-14-8-9-15-23(22)26(18-19-27-21-12-4-3-5-13-21)24(25)17-16-20-10-6-7-11-20/h3-5,8-9,12-17,20H,6-7,10-11,18-19H2,1-2H3/q+1. The van der Waals surface area contributed by atoms with Gasteiger partial charge in [-0.15, -0.1) is 0 Å².